The summed E-state index contributed by atoms with van der Waals surface area (Å²) in [5.74, 6) is 0. The molecule has 0 bridgehead atoms. The van der Waals surface area contributed by atoms with E-state index in [1.807, 2.05) is 6.92 Å². The molecule has 0 rings (SSSR count). The summed E-state index contributed by atoms with van der Waals surface area (Å²) in [7, 11) is 0. The van der Waals surface area contributed by atoms with E-state index in [1.54, 1.807) is 0 Å². The zero-order chi connectivity index (χ0) is 15.8. The molecule has 1 nitrogen and oxygen atoms in total. The van der Waals surface area contributed by atoms with Crippen molar-refractivity contribution >= 4 is 0 Å². The van der Waals surface area contributed by atoms with Crippen LogP contribution in [0.1, 0.15) is 124 Å². The molecule has 21 heavy (non-hydrogen) atoms. The third-order valence-electron chi connectivity index (χ3n) is 4.83. The van der Waals surface area contributed by atoms with E-state index in [9.17, 15) is 5.11 Å². The largest absolute Gasteiger partial charge is 0.390 e. The third-order valence-corrected chi connectivity index (χ3v) is 4.83. The molecular formula is C20H42O. The van der Waals surface area contributed by atoms with Gasteiger partial charge in [-0.1, -0.05) is 104 Å². The molecule has 1 unspecified atom stereocenters. The maximum atomic E-state index is 9.91. The Bertz CT molecular complexity index is 198. The summed E-state index contributed by atoms with van der Waals surface area (Å²) in [6, 6.07) is 0. The van der Waals surface area contributed by atoms with Crippen LogP contribution in [0.2, 0.25) is 0 Å². The van der Waals surface area contributed by atoms with Gasteiger partial charge in [0.1, 0.15) is 0 Å². The molecule has 128 valence electrons. The molecule has 0 spiro atoms. The van der Waals surface area contributed by atoms with Gasteiger partial charge >= 0.3 is 0 Å². The lowest BCUT2D eigenvalue weighted by Crippen LogP contribution is -2.22. The highest BCUT2D eigenvalue weighted by atomic mass is 16.3. The van der Waals surface area contributed by atoms with Crippen molar-refractivity contribution in [3.63, 3.8) is 0 Å². The zero-order valence-electron chi connectivity index (χ0n) is 15.3. The number of aliphatic hydroxyl groups is 1. The van der Waals surface area contributed by atoms with Crippen molar-refractivity contribution in [2.45, 2.75) is 129 Å². The molecule has 0 heterocycles. The molecule has 0 aliphatic rings. The summed E-state index contributed by atoms with van der Waals surface area (Å²) >= 11 is 0. The van der Waals surface area contributed by atoms with Gasteiger partial charge in [-0.3, -0.25) is 0 Å². The average Bonchev–Trinajstić information content (AvgIpc) is 2.47. The first kappa shape index (κ1) is 21.0. The minimum atomic E-state index is -0.420. The summed E-state index contributed by atoms with van der Waals surface area (Å²) in [6.07, 6.45) is 21.4. The van der Waals surface area contributed by atoms with Crippen molar-refractivity contribution in [1.82, 2.24) is 0 Å². The van der Waals surface area contributed by atoms with Crippen molar-refractivity contribution in [1.29, 1.82) is 0 Å². The second kappa shape index (κ2) is 14.9. The number of hydrogen-bond acceptors (Lipinski definition) is 1. The van der Waals surface area contributed by atoms with E-state index in [0.717, 1.165) is 12.8 Å². The van der Waals surface area contributed by atoms with E-state index in [0.29, 0.717) is 0 Å². The van der Waals surface area contributed by atoms with Crippen LogP contribution in [-0.2, 0) is 0 Å². The van der Waals surface area contributed by atoms with Gasteiger partial charge in [-0.15, -0.1) is 0 Å². The topological polar surface area (TPSA) is 20.2 Å². The number of unbranched alkanes of at least 4 members (excludes halogenated alkanes) is 13. The Labute approximate surface area is 134 Å². The van der Waals surface area contributed by atoms with Crippen LogP contribution >= 0.6 is 0 Å². The minimum Gasteiger partial charge on any atom is -0.390 e. The van der Waals surface area contributed by atoms with Crippen molar-refractivity contribution in [2.24, 2.45) is 0 Å². The molecule has 0 aromatic carbocycles. The fourth-order valence-corrected chi connectivity index (χ4v) is 2.88. The quantitative estimate of drug-likeness (QED) is 0.304. The molecule has 0 saturated heterocycles. The monoisotopic (exact) mass is 298 g/mol. The van der Waals surface area contributed by atoms with Gasteiger partial charge in [0.05, 0.1) is 5.60 Å². The second-order valence-corrected chi connectivity index (χ2v) is 7.20. The third kappa shape index (κ3) is 16.2. The van der Waals surface area contributed by atoms with Gasteiger partial charge in [0.2, 0.25) is 0 Å². The first-order valence-corrected chi connectivity index (χ1v) is 9.84. The van der Waals surface area contributed by atoms with Crippen LogP contribution in [0, 0.1) is 0 Å². The van der Waals surface area contributed by atoms with Crippen LogP contribution in [0.3, 0.4) is 0 Å². The molecule has 0 radical (unpaired) electrons. The Morgan fingerprint density at radius 2 is 0.905 bits per heavy atom. The Morgan fingerprint density at radius 3 is 1.24 bits per heavy atom. The summed E-state index contributed by atoms with van der Waals surface area (Å²) in [4.78, 5) is 0. The van der Waals surface area contributed by atoms with Gasteiger partial charge in [0.25, 0.3) is 0 Å². The molecule has 0 amide bonds. The van der Waals surface area contributed by atoms with E-state index in [2.05, 4.69) is 13.8 Å². The summed E-state index contributed by atoms with van der Waals surface area (Å²) < 4.78 is 0. The van der Waals surface area contributed by atoms with Gasteiger partial charge < -0.3 is 5.11 Å². The minimum absolute atomic E-state index is 0.420. The summed E-state index contributed by atoms with van der Waals surface area (Å²) in [5.41, 5.74) is -0.420. The van der Waals surface area contributed by atoms with Crippen molar-refractivity contribution in [2.75, 3.05) is 0 Å². The molecule has 1 N–H and O–H groups in total. The smallest absolute Gasteiger partial charge is 0.0617 e. The molecule has 0 fully saturated rings. The Hall–Kier alpha value is -0.0400. The summed E-state index contributed by atoms with van der Waals surface area (Å²) in [5, 5.41) is 9.91. The van der Waals surface area contributed by atoms with Gasteiger partial charge in [-0.25, -0.2) is 0 Å². The van der Waals surface area contributed by atoms with E-state index >= 15 is 0 Å². The highest BCUT2D eigenvalue weighted by Crippen LogP contribution is 2.19. The molecule has 1 heteroatoms. The van der Waals surface area contributed by atoms with Crippen molar-refractivity contribution in [3.8, 4) is 0 Å². The zero-order valence-corrected chi connectivity index (χ0v) is 15.3. The highest BCUT2D eigenvalue weighted by molar-refractivity contribution is 4.69. The highest BCUT2D eigenvalue weighted by Gasteiger charge is 2.15. The molecule has 1 atom stereocenters. The van der Waals surface area contributed by atoms with Gasteiger partial charge in [-0.2, -0.15) is 0 Å². The fraction of sp³-hybridized carbons (Fsp3) is 1.00. The van der Waals surface area contributed by atoms with Crippen LogP contribution in [-0.4, -0.2) is 10.7 Å². The van der Waals surface area contributed by atoms with E-state index in [4.69, 9.17) is 0 Å². The van der Waals surface area contributed by atoms with Crippen LogP contribution in [0.25, 0.3) is 0 Å². The molecule has 0 aromatic heterocycles. The first-order chi connectivity index (χ1) is 10.1. The standard InChI is InChI=1S/C20H42O/c1-4-6-7-8-9-10-11-12-13-14-15-16-17-18-19-20(3,21)5-2/h21H,4-19H2,1-3H3. The van der Waals surface area contributed by atoms with Crippen LogP contribution in [0.15, 0.2) is 0 Å². The molecule has 0 aliphatic heterocycles. The molecular weight excluding hydrogens is 256 g/mol. The predicted octanol–water partition coefficient (Wildman–Crippen LogP) is 7.02. The maximum absolute atomic E-state index is 9.91. The van der Waals surface area contributed by atoms with Crippen molar-refractivity contribution < 1.29 is 5.11 Å². The fourth-order valence-electron chi connectivity index (χ4n) is 2.88. The normalized spacial score (nSPS) is 14.3. The second-order valence-electron chi connectivity index (χ2n) is 7.20. The van der Waals surface area contributed by atoms with Crippen molar-refractivity contribution in [3.05, 3.63) is 0 Å². The van der Waals surface area contributed by atoms with Gasteiger partial charge in [0, 0.05) is 0 Å². The van der Waals surface area contributed by atoms with E-state index in [-0.39, 0.29) is 0 Å². The lowest BCUT2D eigenvalue weighted by atomic mass is 9.95. The first-order valence-electron chi connectivity index (χ1n) is 9.84. The summed E-state index contributed by atoms with van der Waals surface area (Å²) in [6.45, 7) is 6.32. The van der Waals surface area contributed by atoms with E-state index in [1.165, 1.54) is 89.9 Å². The lowest BCUT2D eigenvalue weighted by Gasteiger charge is -2.20. The Balaban J connectivity index is 3.06. The van der Waals surface area contributed by atoms with Gasteiger partial charge in [-0.05, 0) is 19.8 Å². The molecule has 0 saturated carbocycles. The lowest BCUT2D eigenvalue weighted by molar-refractivity contribution is 0.0442. The Morgan fingerprint density at radius 1 is 0.571 bits per heavy atom. The molecule has 0 aromatic rings. The number of rotatable bonds is 16. The van der Waals surface area contributed by atoms with Crippen LogP contribution in [0.5, 0.6) is 0 Å². The SMILES string of the molecule is CCCCCCCCCCCCCCCCC(C)(O)CC. The maximum Gasteiger partial charge on any atom is 0.0617 e. The predicted molar refractivity (Wildman–Crippen MR) is 95.8 cm³/mol. The average molecular weight is 299 g/mol. The van der Waals surface area contributed by atoms with Crippen LogP contribution < -0.4 is 0 Å². The van der Waals surface area contributed by atoms with Crippen LogP contribution in [0.4, 0.5) is 0 Å². The van der Waals surface area contributed by atoms with Gasteiger partial charge in [0.15, 0.2) is 0 Å². The Kier molecular flexibility index (Phi) is 14.9. The molecule has 0 aliphatic carbocycles. The number of hydrogen-bond donors (Lipinski definition) is 1. The van der Waals surface area contributed by atoms with E-state index < -0.39 is 5.60 Å².